The molecular weight excluding hydrogens is 300 g/mol. The van der Waals surface area contributed by atoms with Crippen LogP contribution in [0, 0.1) is 0 Å². The van der Waals surface area contributed by atoms with Crippen molar-refractivity contribution in [3.8, 4) is 11.5 Å². The van der Waals surface area contributed by atoms with Gasteiger partial charge in [-0.1, -0.05) is 36.4 Å². The minimum Gasteiger partial charge on any atom is -0.759 e. The second-order valence-corrected chi connectivity index (χ2v) is 4.14. The molecule has 0 heterocycles. The highest BCUT2D eigenvalue weighted by atomic mass is 32.3. The van der Waals surface area contributed by atoms with Gasteiger partial charge in [0.25, 0.3) is 0 Å². The van der Waals surface area contributed by atoms with E-state index in [-0.39, 0.29) is 0 Å². The van der Waals surface area contributed by atoms with E-state index in [0.717, 1.165) is 11.5 Å². The van der Waals surface area contributed by atoms with E-state index in [1.54, 1.807) is 0 Å². The highest BCUT2D eigenvalue weighted by molar-refractivity contribution is 7.79. The Morgan fingerprint density at radius 3 is 1.10 bits per heavy atom. The maximum Gasteiger partial charge on any atom is 0.189 e. The Kier molecular flexibility index (Phi) is 9.50. The minimum atomic E-state index is -5.17. The summed E-state index contributed by atoms with van der Waals surface area (Å²) in [5.41, 5.74) is 0. The molecule has 2 aromatic rings. The number of benzene rings is 2. The summed E-state index contributed by atoms with van der Waals surface area (Å²) in [6.45, 7) is 0. The molecule has 0 aliphatic heterocycles. The number of quaternary nitrogens is 2. The van der Waals surface area contributed by atoms with Crippen molar-refractivity contribution in [2.75, 3.05) is 0 Å². The number of para-hydroxylation sites is 2. The molecule has 116 valence electrons. The van der Waals surface area contributed by atoms with Crippen LogP contribution in [0.3, 0.4) is 0 Å². The largest absolute Gasteiger partial charge is 0.759 e. The van der Waals surface area contributed by atoms with Crippen LogP contribution in [-0.2, 0) is 10.4 Å². The lowest BCUT2D eigenvalue weighted by molar-refractivity contribution is -0.635. The standard InChI is InChI=1S/2C6H8NO.H2O4S/c2*7-8-6-4-2-1-3-5-6;1-5(2,3)4/h2*1-5H,7H3;(H2,1,2,3,4)/q2*+1;/p-2. The fraction of sp³-hybridized carbons (Fsp3) is 0. The van der Waals surface area contributed by atoms with E-state index in [1.165, 1.54) is 0 Å². The van der Waals surface area contributed by atoms with Gasteiger partial charge in [0, 0.05) is 10.4 Å². The molecule has 2 aromatic carbocycles. The second kappa shape index (κ2) is 10.6. The monoisotopic (exact) mass is 316 g/mol. The molecule has 0 atom stereocenters. The molecule has 0 aliphatic rings. The summed E-state index contributed by atoms with van der Waals surface area (Å²) in [5, 5.41) is 0. The van der Waals surface area contributed by atoms with Crippen LogP contribution in [-0.4, -0.2) is 17.5 Å². The lowest BCUT2D eigenvalue weighted by Gasteiger charge is -2.06. The molecular formula is C12H16N2O6S. The van der Waals surface area contributed by atoms with Crippen molar-refractivity contribution in [2.24, 2.45) is 0 Å². The van der Waals surface area contributed by atoms with Gasteiger partial charge in [-0.15, -0.1) is 0 Å². The minimum absolute atomic E-state index is 0.799. The summed E-state index contributed by atoms with van der Waals surface area (Å²) < 4.78 is 34.1. The zero-order valence-corrected chi connectivity index (χ0v) is 11.9. The topological polar surface area (TPSA) is 154 Å². The molecule has 0 spiro atoms. The molecule has 21 heavy (non-hydrogen) atoms. The first-order valence-corrected chi connectivity index (χ1v) is 6.81. The lowest BCUT2D eigenvalue weighted by atomic mass is 10.3. The molecule has 6 N–H and O–H groups in total. The molecule has 0 fully saturated rings. The number of hydrogen-bond donors (Lipinski definition) is 2. The molecule has 0 saturated heterocycles. The summed E-state index contributed by atoms with van der Waals surface area (Å²) in [4.78, 5) is 9.33. The highest BCUT2D eigenvalue weighted by Gasteiger charge is 1.84. The third-order valence-electron chi connectivity index (χ3n) is 1.82. The van der Waals surface area contributed by atoms with Crippen LogP contribution < -0.4 is 21.5 Å². The summed E-state index contributed by atoms with van der Waals surface area (Å²) in [7, 11) is -5.17. The van der Waals surface area contributed by atoms with E-state index >= 15 is 0 Å². The fourth-order valence-electron chi connectivity index (χ4n) is 1.03. The molecule has 0 aromatic heterocycles. The van der Waals surface area contributed by atoms with Crippen molar-refractivity contribution < 1.29 is 39.0 Å². The SMILES string of the molecule is O=S(=O)([O-])[O-].[NH3+]Oc1ccccc1.[NH3+]Oc1ccccc1. The van der Waals surface area contributed by atoms with Crippen LogP contribution in [0.5, 0.6) is 11.5 Å². The van der Waals surface area contributed by atoms with E-state index in [0.29, 0.717) is 0 Å². The van der Waals surface area contributed by atoms with Crippen molar-refractivity contribution in [2.45, 2.75) is 0 Å². The third-order valence-corrected chi connectivity index (χ3v) is 1.82. The van der Waals surface area contributed by atoms with Crippen molar-refractivity contribution in [1.29, 1.82) is 0 Å². The predicted octanol–water partition coefficient (Wildman–Crippen LogP) is -0.893. The van der Waals surface area contributed by atoms with Crippen LogP contribution in [0.1, 0.15) is 0 Å². The first-order valence-electron chi connectivity index (χ1n) is 5.47. The first-order chi connectivity index (χ1) is 9.86. The van der Waals surface area contributed by atoms with Crippen LogP contribution >= 0.6 is 0 Å². The Hall–Kier alpha value is -2.17. The zero-order valence-electron chi connectivity index (χ0n) is 11.0. The van der Waals surface area contributed by atoms with Gasteiger partial charge in [0.2, 0.25) is 0 Å². The number of rotatable bonds is 2. The van der Waals surface area contributed by atoms with E-state index < -0.39 is 10.4 Å². The van der Waals surface area contributed by atoms with Gasteiger partial charge >= 0.3 is 0 Å². The lowest BCUT2D eigenvalue weighted by Crippen LogP contribution is -2.53. The Balaban J connectivity index is 0.000000296. The van der Waals surface area contributed by atoms with E-state index in [9.17, 15) is 0 Å². The molecule has 0 amide bonds. The molecule has 9 heteroatoms. The van der Waals surface area contributed by atoms with Gasteiger partial charge in [-0.2, -0.15) is 11.8 Å². The highest BCUT2D eigenvalue weighted by Crippen LogP contribution is 2.04. The van der Waals surface area contributed by atoms with Crippen molar-refractivity contribution >= 4 is 10.4 Å². The summed E-state index contributed by atoms with van der Waals surface area (Å²) in [6.07, 6.45) is 0. The van der Waals surface area contributed by atoms with Crippen LogP contribution in [0.15, 0.2) is 60.7 Å². The molecule has 0 aliphatic carbocycles. The van der Waals surface area contributed by atoms with Gasteiger partial charge in [-0.05, 0) is 24.3 Å². The summed E-state index contributed by atoms with van der Waals surface area (Å²) in [5.74, 6) is 8.11. The van der Waals surface area contributed by atoms with Crippen molar-refractivity contribution in [3.05, 3.63) is 60.7 Å². The molecule has 0 unspecified atom stereocenters. The second-order valence-electron chi connectivity index (χ2n) is 3.32. The normalized spacial score (nSPS) is 9.33. The summed E-state index contributed by atoms with van der Waals surface area (Å²) >= 11 is 0. The Bertz CT molecular complexity index is 530. The first kappa shape index (κ1) is 18.8. The molecule has 2 rings (SSSR count). The third kappa shape index (κ3) is 14.1. The predicted molar refractivity (Wildman–Crippen MR) is 70.4 cm³/mol. The van der Waals surface area contributed by atoms with Crippen LogP contribution in [0.25, 0.3) is 0 Å². The summed E-state index contributed by atoms with van der Waals surface area (Å²) in [6, 6.07) is 18.9. The van der Waals surface area contributed by atoms with E-state index in [1.807, 2.05) is 60.7 Å². The van der Waals surface area contributed by atoms with Gasteiger partial charge in [0.05, 0.1) is 0 Å². The smallest absolute Gasteiger partial charge is 0.189 e. The molecule has 0 saturated carbocycles. The van der Waals surface area contributed by atoms with Gasteiger partial charge in [-0.25, -0.2) is 0 Å². The molecule has 0 radical (unpaired) electrons. The Morgan fingerprint density at radius 1 is 0.714 bits per heavy atom. The van der Waals surface area contributed by atoms with Crippen LogP contribution in [0.4, 0.5) is 0 Å². The molecule has 0 bridgehead atoms. The van der Waals surface area contributed by atoms with E-state index in [2.05, 4.69) is 21.5 Å². The van der Waals surface area contributed by atoms with Crippen molar-refractivity contribution in [3.63, 3.8) is 0 Å². The fourth-order valence-corrected chi connectivity index (χ4v) is 1.03. The van der Waals surface area contributed by atoms with Gasteiger partial charge in [0.1, 0.15) is 0 Å². The van der Waals surface area contributed by atoms with Gasteiger partial charge in [0.15, 0.2) is 11.5 Å². The Morgan fingerprint density at radius 2 is 0.952 bits per heavy atom. The Labute approximate surface area is 122 Å². The zero-order chi connectivity index (χ0) is 16.1. The average molecular weight is 316 g/mol. The molecule has 8 nitrogen and oxygen atoms in total. The maximum absolute atomic E-state index is 8.52. The van der Waals surface area contributed by atoms with Crippen molar-refractivity contribution in [1.82, 2.24) is 0 Å². The van der Waals surface area contributed by atoms with Gasteiger partial charge in [-0.3, -0.25) is 8.42 Å². The quantitative estimate of drug-likeness (QED) is 0.416. The van der Waals surface area contributed by atoms with Gasteiger partial charge < -0.3 is 18.8 Å². The number of hydrogen-bond acceptors (Lipinski definition) is 6. The maximum atomic E-state index is 8.52. The van der Waals surface area contributed by atoms with E-state index in [4.69, 9.17) is 17.5 Å². The average Bonchev–Trinajstić information content (AvgIpc) is 2.48. The van der Waals surface area contributed by atoms with Crippen LogP contribution in [0.2, 0.25) is 0 Å².